The number of phenolic OH excluding ortho intramolecular Hbond substituents is 1. The first-order valence-corrected chi connectivity index (χ1v) is 6.29. The molecule has 0 spiro atoms. The highest BCUT2D eigenvalue weighted by molar-refractivity contribution is 9.10. The van der Waals surface area contributed by atoms with Crippen molar-refractivity contribution in [2.45, 2.75) is 13.5 Å². The van der Waals surface area contributed by atoms with E-state index in [-0.39, 0.29) is 0 Å². The van der Waals surface area contributed by atoms with E-state index >= 15 is 0 Å². The van der Waals surface area contributed by atoms with Crippen molar-refractivity contribution < 1.29 is 9.84 Å². The molecular formula is C13H18BrNO2. The van der Waals surface area contributed by atoms with E-state index in [1.165, 1.54) is 0 Å². The SMILES string of the molecule is C=C(C)COCCNCc1cccc(Br)c1O. The normalized spacial score (nSPS) is 10.5. The van der Waals surface area contributed by atoms with Gasteiger partial charge >= 0.3 is 0 Å². The van der Waals surface area contributed by atoms with Gasteiger partial charge in [0.05, 0.1) is 17.7 Å². The van der Waals surface area contributed by atoms with Gasteiger partial charge in [-0.25, -0.2) is 0 Å². The zero-order valence-corrected chi connectivity index (χ0v) is 11.6. The van der Waals surface area contributed by atoms with Crippen LogP contribution >= 0.6 is 15.9 Å². The number of halogens is 1. The van der Waals surface area contributed by atoms with Gasteiger partial charge in [-0.15, -0.1) is 0 Å². The minimum Gasteiger partial charge on any atom is -0.506 e. The molecule has 0 saturated heterocycles. The Kier molecular flexibility index (Phi) is 6.26. The van der Waals surface area contributed by atoms with E-state index in [1.54, 1.807) is 0 Å². The molecule has 17 heavy (non-hydrogen) atoms. The summed E-state index contributed by atoms with van der Waals surface area (Å²) in [4.78, 5) is 0. The Morgan fingerprint density at radius 1 is 1.53 bits per heavy atom. The number of nitrogens with one attached hydrogen (secondary N) is 1. The van der Waals surface area contributed by atoms with Crippen molar-refractivity contribution in [3.05, 3.63) is 40.4 Å². The van der Waals surface area contributed by atoms with Gasteiger partial charge in [-0.1, -0.05) is 24.3 Å². The Labute approximate surface area is 111 Å². The van der Waals surface area contributed by atoms with Crippen molar-refractivity contribution in [3.8, 4) is 5.75 Å². The Morgan fingerprint density at radius 2 is 2.29 bits per heavy atom. The number of rotatable bonds is 7. The summed E-state index contributed by atoms with van der Waals surface area (Å²) in [6.07, 6.45) is 0. The summed E-state index contributed by atoms with van der Waals surface area (Å²) in [5.74, 6) is 0.294. The topological polar surface area (TPSA) is 41.5 Å². The van der Waals surface area contributed by atoms with Crippen molar-refractivity contribution in [1.29, 1.82) is 0 Å². The van der Waals surface area contributed by atoms with Gasteiger partial charge in [0.2, 0.25) is 0 Å². The standard InChI is InChI=1S/C13H18BrNO2/c1-10(2)9-17-7-6-15-8-11-4-3-5-12(14)13(11)16/h3-5,15-16H,1,6-9H2,2H3. The van der Waals surface area contributed by atoms with Crippen molar-refractivity contribution >= 4 is 15.9 Å². The van der Waals surface area contributed by atoms with Crippen LogP contribution in [0.2, 0.25) is 0 Å². The smallest absolute Gasteiger partial charge is 0.134 e. The maximum absolute atomic E-state index is 9.74. The lowest BCUT2D eigenvalue weighted by molar-refractivity contribution is 0.157. The van der Waals surface area contributed by atoms with Crippen LogP contribution in [0.5, 0.6) is 5.75 Å². The van der Waals surface area contributed by atoms with Crippen LogP contribution in [0.3, 0.4) is 0 Å². The van der Waals surface area contributed by atoms with Crippen LogP contribution in [0.4, 0.5) is 0 Å². The molecule has 1 rings (SSSR count). The lowest BCUT2D eigenvalue weighted by Gasteiger charge is -2.08. The monoisotopic (exact) mass is 299 g/mol. The molecule has 94 valence electrons. The lowest BCUT2D eigenvalue weighted by atomic mass is 10.2. The summed E-state index contributed by atoms with van der Waals surface area (Å²) < 4.78 is 6.07. The van der Waals surface area contributed by atoms with Gasteiger partial charge in [-0.05, 0) is 28.9 Å². The third kappa shape index (κ3) is 5.35. The summed E-state index contributed by atoms with van der Waals surface area (Å²) in [7, 11) is 0. The summed E-state index contributed by atoms with van der Waals surface area (Å²) in [6.45, 7) is 8.31. The highest BCUT2D eigenvalue weighted by atomic mass is 79.9. The third-order valence-electron chi connectivity index (χ3n) is 2.16. The number of aromatic hydroxyl groups is 1. The van der Waals surface area contributed by atoms with E-state index in [0.29, 0.717) is 25.5 Å². The van der Waals surface area contributed by atoms with Crippen molar-refractivity contribution in [3.63, 3.8) is 0 Å². The molecular weight excluding hydrogens is 282 g/mol. The molecule has 0 atom stereocenters. The largest absolute Gasteiger partial charge is 0.506 e. The van der Waals surface area contributed by atoms with Gasteiger partial charge in [0, 0.05) is 18.7 Å². The Hall–Kier alpha value is -0.840. The fourth-order valence-corrected chi connectivity index (χ4v) is 1.72. The second kappa shape index (κ2) is 7.48. The van der Waals surface area contributed by atoms with Gasteiger partial charge in [0.15, 0.2) is 0 Å². The first-order valence-electron chi connectivity index (χ1n) is 5.50. The van der Waals surface area contributed by atoms with Crippen LogP contribution in [0, 0.1) is 0 Å². The molecule has 0 aliphatic heterocycles. The highest BCUT2D eigenvalue weighted by Crippen LogP contribution is 2.26. The zero-order valence-electron chi connectivity index (χ0n) is 10.0. The molecule has 0 aliphatic rings. The number of hydrogen-bond donors (Lipinski definition) is 2. The van der Waals surface area contributed by atoms with Crippen LogP contribution < -0.4 is 5.32 Å². The second-order valence-corrected chi connectivity index (χ2v) is 4.79. The second-order valence-electron chi connectivity index (χ2n) is 3.93. The van der Waals surface area contributed by atoms with Gasteiger partial charge in [0.25, 0.3) is 0 Å². The van der Waals surface area contributed by atoms with Crippen LogP contribution in [0.1, 0.15) is 12.5 Å². The van der Waals surface area contributed by atoms with Crippen LogP contribution in [-0.2, 0) is 11.3 Å². The fourth-order valence-electron chi connectivity index (χ4n) is 1.32. The first-order chi connectivity index (χ1) is 8.11. The quantitative estimate of drug-likeness (QED) is 0.601. The fraction of sp³-hybridized carbons (Fsp3) is 0.385. The molecule has 4 heteroatoms. The molecule has 0 saturated carbocycles. The highest BCUT2D eigenvalue weighted by Gasteiger charge is 2.03. The summed E-state index contributed by atoms with van der Waals surface area (Å²) >= 11 is 3.28. The zero-order chi connectivity index (χ0) is 12.7. The average Bonchev–Trinajstić information content (AvgIpc) is 2.28. The minimum absolute atomic E-state index is 0.294. The van der Waals surface area contributed by atoms with Gasteiger partial charge in [-0.3, -0.25) is 0 Å². The maximum Gasteiger partial charge on any atom is 0.134 e. The molecule has 0 heterocycles. The molecule has 0 unspecified atom stereocenters. The van der Waals surface area contributed by atoms with Crippen LogP contribution in [0.25, 0.3) is 0 Å². The van der Waals surface area contributed by atoms with Gasteiger partial charge in [0.1, 0.15) is 5.75 Å². The minimum atomic E-state index is 0.294. The van der Waals surface area contributed by atoms with E-state index < -0.39 is 0 Å². The molecule has 0 bridgehead atoms. The van der Waals surface area contributed by atoms with E-state index in [2.05, 4.69) is 27.8 Å². The van der Waals surface area contributed by atoms with Crippen molar-refractivity contribution in [1.82, 2.24) is 5.32 Å². The Balaban J connectivity index is 2.22. The van der Waals surface area contributed by atoms with E-state index in [1.807, 2.05) is 25.1 Å². The van der Waals surface area contributed by atoms with Crippen molar-refractivity contribution in [2.75, 3.05) is 19.8 Å². The molecule has 1 aromatic carbocycles. The molecule has 3 nitrogen and oxygen atoms in total. The summed E-state index contributed by atoms with van der Waals surface area (Å²) in [5, 5.41) is 13.0. The molecule has 2 N–H and O–H groups in total. The Morgan fingerprint density at radius 3 is 3.00 bits per heavy atom. The van der Waals surface area contributed by atoms with E-state index in [4.69, 9.17) is 4.74 Å². The summed E-state index contributed by atoms with van der Waals surface area (Å²) in [5.41, 5.74) is 1.90. The number of ether oxygens (including phenoxy) is 1. The summed E-state index contributed by atoms with van der Waals surface area (Å²) in [6, 6.07) is 5.61. The lowest BCUT2D eigenvalue weighted by Crippen LogP contribution is -2.19. The molecule has 1 aromatic rings. The molecule has 0 aliphatic carbocycles. The predicted octanol–water partition coefficient (Wildman–Crippen LogP) is 2.84. The van der Waals surface area contributed by atoms with E-state index in [0.717, 1.165) is 22.2 Å². The van der Waals surface area contributed by atoms with Gasteiger partial charge < -0.3 is 15.2 Å². The van der Waals surface area contributed by atoms with E-state index in [9.17, 15) is 5.11 Å². The molecule has 0 amide bonds. The molecule has 0 radical (unpaired) electrons. The first kappa shape index (κ1) is 14.2. The number of para-hydroxylation sites is 1. The predicted molar refractivity (Wildman–Crippen MR) is 73.1 cm³/mol. The van der Waals surface area contributed by atoms with Crippen LogP contribution in [-0.4, -0.2) is 24.9 Å². The van der Waals surface area contributed by atoms with Gasteiger partial charge in [-0.2, -0.15) is 0 Å². The molecule has 0 aromatic heterocycles. The van der Waals surface area contributed by atoms with Crippen molar-refractivity contribution in [2.24, 2.45) is 0 Å². The maximum atomic E-state index is 9.74. The van der Waals surface area contributed by atoms with Crippen LogP contribution in [0.15, 0.2) is 34.8 Å². The average molecular weight is 300 g/mol. The third-order valence-corrected chi connectivity index (χ3v) is 2.80. The Bertz CT molecular complexity index is 380. The number of benzene rings is 1. The number of hydrogen-bond acceptors (Lipinski definition) is 3. The number of phenols is 1. The molecule has 0 fully saturated rings.